The van der Waals surface area contributed by atoms with Crippen LogP contribution in [0.2, 0.25) is 0 Å². The van der Waals surface area contributed by atoms with Gasteiger partial charge in [-0.05, 0) is 49.2 Å². The summed E-state index contributed by atoms with van der Waals surface area (Å²) < 4.78 is 16.0. The number of amides is 1. The zero-order valence-corrected chi connectivity index (χ0v) is 16.5. The van der Waals surface area contributed by atoms with E-state index < -0.39 is 0 Å². The van der Waals surface area contributed by atoms with Crippen molar-refractivity contribution in [1.82, 2.24) is 15.0 Å². The predicted molar refractivity (Wildman–Crippen MR) is 107 cm³/mol. The van der Waals surface area contributed by atoms with E-state index in [0.717, 1.165) is 36.4 Å². The van der Waals surface area contributed by atoms with Crippen molar-refractivity contribution < 1.29 is 18.8 Å². The number of ether oxygens (including phenoxy) is 2. The Morgan fingerprint density at radius 2 is 1.90 bits per heavy atom. The molecule has 1 amide bonds. The minimum absolute atomic E-state index is 0.00453. The van der Waals surface area contributed by atoms with Crippen LogP contribution >= 0.6 is 0 Å². The molecular formula is C22H23N3O4. The zero-order chi connectivity index (χ0) is 20.2. The second-order valence-corrected chi connectivity index (χ2v) is 7.01. The van der Waals surface area contributed by atoms with Crippen LogP contribution in [0.1, 0.15) is 35.0 Å². The molecule has 7 heteroatoms. The van der Waals surface area contributed by atoms with E-state index in [-0.39, 0.29) is 11.8 Å². The number of benzene rings is 2. The minimum Gasteiger partial charge on any atom is -0.497 e. The predicted octanol–water partition coefficient (Wildman–Crippen LogP) is 3.77. The van der Waals surface area contributed by atoms with Crippen molar-refractivity contribution >= 4 is 5.91 Å². The topological polar surface area (TPSA) is 77.7 Å². The molecule has 0 aliphatic carbocycles. The summed E-state index contributed by atoms with van der Waals surface area (Å²) in [4.78, 5) is 19.3. The number of hydrogen-bond donors (Lipinski definition) is 0. The fraction of sp³-hybridized carbons (Fsp3) is 0.318. The van der Waals surface area contributed by atoms with Gasteiger partial charge in [0.2, 0.25) is 11.7 Å². The number of carbonyl (C=O) groups excluding carboxylic acids is 1. The lowest BCUT2D eigenvalue weighted by atomic mass is 9.97. The molecule has 1 unspecified atom stereocenters. The molecule has 1 atom stereocenters. The van der Waals surface area contributed by atoms with Crippen molar-refractivity contribution in [1.29, 1.82) is 0 Å². The van der Waals surface area contributed by atoms with Gasteiger partial charge in [0.25, 0.3) is 5.91 Å². The number of rotatable bonds is 5. The first kappa shape index (κ1) is 19.0. The number of methoxy groups -OCH3 is 2. The highest BCUT2D eigenvalue weighted by atomic mass is 16.5. The van der Waals surface area contributed by atoms with Gasteiger partial charge in [-0.2, -0.15) is 4.98 Å². The average molecular weight is 393 g/mol. The molecule has 0 bridgehead atoms. The number of piperidine rings is 1. The van der Waals surface area contributed by atoms with Crippen molar-refractivity contribution in [2.45, 2.75) is 18.8 Å². The summed E-state index contributed by atoms with van der Waals surface area (Å²) in [5.41, 5.74) is 1.48. The van der Waals surface area contributed by atoms with Crippen LogP contribution in [0.5, 0.6) is 11.5 Å². The first-order valence-electron chi connectivity index (χ1n) is 9.59. The van der Waals surface area contributed by atoms with Gasteiger partial charge < -0.3 is 18.9 Å². The third kappa shape index (κ3) is 4.08. The summed E-state index contributed by atoms with van der Waals surface area (Å²) in [5, 5.41) is 4.13. The molecule has 0 spiro atoms. The van der Waals surface area contributed by atoms with Gasteiger partial charge in [0.1, 0.15) is 11.5 Å². The largest absolute Gasteiger partial charge is 0.497 e. The molecule has 1 aliphatic heterocycles. The third-order valence-corrected chi connectivity index (χ3v) is 5.16. The van der Waals surface area contributed by atoms with E-state index in [9.17, 15) is 4.79 Å². The van der Waals surface area contributed by atoms with Gasteiger partial charge in [-0.25, -0.2) is 0 Å². The van der Waals surface area contributed by atoms with Crippen LogP contribution in [-0.2, 0) is 0 Å². The summed E-state index contributed by atoms with van der Waals surface area (Å²) in [6.45, 7) is 1.28. The lowest BCUT2D eigenvalue weighted by molar-refractivity contribution is 0.0695. The lowest BCUT2D eigenvalue weighted by Crippen LogP contribution is -2.39. The Kier molecular flexibility index (Phi) is 5.46. The highest BCUT2D eigenvalue weighted by Gasteiger charge is 2.29. The molecule has 4 rings (SSSR count). The standard InChI is InChI=1S/C22H23N3O4/c1-27-18-10-8-15(9-11-18)22(26)25-12-4-6-17(14-25)21-23-20(24-29-21)16-5-3-7-19(13-16)28-2/h3,5,7-11,13,17H,4,6,12,14H2,1-2H3. The van der Waals surface area contributed by atoms with Gasteiger partial charge in [0.15, 0.2) is 0 Å². The fourth-order valence-corrected chi connectivity index (χ4v) is 3.56. The monoisotopic (exact) mass is 393 g/mol. The highest BCUT2D eigenvalue weighted by molar-refractivity contribution is 5.94. The SMILES string of the molecule is COc1ccc(C(=O)N2CCCC(c3nc(-c4cccc(OC)c4)no3)C2)cc1. The Morgan fingerprint density at radius 1 is 1.10 bits per heavy atom. The molecular weight excluding hydrogens is 370 g/mol. The van der Waals surface area contributed by atoms with E-state index in [1.165, 1.54) is 0 Å². The maximum Gasteiger partial charge on any atom is 0.253 e. The minimum atomic E-state index is 0.00453. The molecule has 150 valence electrons. The van der Waals surface area contributed by atoms with Crippen molar-refractivity contribution in [3.05, 3.63) is 60.0 Å². The molecule has 2 aromatic carbocycles. The van der Waals surface area contributed by atoms with Crippen LogP contribution in [0.25, 0.3) is 11.4 Å². The molecule has 0 radical (unpaired) electrons. The van der Waals surface area contributed by atoms with Crippen LogP contribution in [0.15, 0.2) is 53.1 Å². The molecule has 2 heterocycles. The van der Waals surface area contributed by atoms with E-state index >= 15 is 0 Å². The quantitative estimate of drug-likeness (QED) is 0.657. The molecule has 1 saturated heterocycles. The van der Waals surface area contributed by atoms with Crippen molar-refractivity contribution in [2.24, 2.45) is 0 Å². The molecule has 3 aromatic rings. The summed E-state index contributed by atoms with van der Waals surface area (Å²) in [7, 11) is 3.23. The van der Waals surface area contributed by atoms with Crippen LogP contribution in [-0.4, -0.2) is 48.3 Å². The van der Waals surface area contributed by atoms with E-state index in [4.69, 9.17) is 14.0 Å². The maximum atomic E-state index is 12.9. The molecule has 0 saturated carbocycles. The molecule has 1 aromatic heterocycles. The summed E-state index contributed by atoms with van der Waals surface area (Å²) in [6, 6.07) is 14.7. The maximum absolute atomic E-state index is 12.9. The van der Waals surface area contributed by atoms with Crippen molar-refractivity contribution in [3.8, 4) is 22.9 Å². The Labute approximate surface area is 169 Å². The number of hydrogen-bond acceptors (Lipinski definition) is 6. The van der Waals surface area contributed by atoms with Crippen molar-refractivity contribution in [2.75, 3.05) is 27.3 Å². The molecule has 7 nitrogen and oxygen atoms in total. The Balaban J connectivity index is 1.48. The van der Waals surface area contributed by atoms with Crippen LogP contribution in [0, 0.1) is 0 Å². The number of likely N-dealkylation sites (tertiary alicyclic amines) is 1. The number of nitrogens with zero attached hydrogens (tertiary/aromatic N) is 3. The van der Waals surface area contributed by atoms with Gasteiger partial charge in [0, 0.05) is 24.2 Å². The Morgan fingerprint density at radius 3 is 2.66 bits per heavy atom. The van der Waals surface area contributed by atoms with Crippen molar-refractivity contribution in [3.63, 3.8) is 0 Å². The van der Waals surface area contributed by atoms with Gasteiger partial charge in [-0.1, -0.05) is 17.3 Å². The number of aromatic nitrogens is 2. The first-order valence-corrected chi connectivity index (χ1v) is 9.59. The summed E-state index contributed by atoms with van der Waals surface area (Å²) in [5.74, 6) is 2.59. The van der Waals surface area contributed by atoms with Gasteiger partial charge in [-0.3, -0.25) is 4.79 Å². The lowest BCUT2D eigenvalue weighted by Gasteiger charge is -2.31. The molecule has 1 aliphatic rings. The second-order valence-electron chi connectivity index (χ2n) is 7.01. The van der Waals surface area contributed by atoms with E-state index in [1.54, 1.807) is 38.5 Å². The summed E-state index contributed by atoms with van der Waals surface area (Å²) in [6.07, 6.45) is 1.80. The van der Waals surface area contributed by atoms with Gasteiger partial charge in [-0.15, -0.1) is 0 Å². The zero-order valence-electron chi connectivity index (χ0n) is 16.5. The number of carbonyl (C=O) groups is 1. The summed E-state index contributed by atoms with van der Waals surface area (Å²) >= 11 is 0. The second kappa shape index (κ2) is 8.34. The molecule has 1 fully saturated rings. The van der Waals surface area contributed by atoms with Gasteiger partial charge in [0.05, 0.1) is 20.1 Å². The van der Waals surface area contributed by atoms with Crippen LogP contribution < -0.4 is 9.47 Å². The van der Waals surface area contributed by atoms with E-state index in [1.807, 2.05) is 29.2 Å². The fourth-order valence-electron chi connectivity index (χ4n) is 3.56. The third-order valence-electron chi connectivity index (χ3n) is 5.16. The smallest absolute Gasteiger partial charge is 0.253 e. The Hall–Kier alpha value is -3.35. The van der Waals surface area contributed by atoms with Crippen LogP contribution in [0.3, 0.4) is 0 Å². The highest BCUT2D eigenvalue weighted by Crippen LogP contribution is 2.29. The first-order chi connectivity index (χ1) is 14.2. The van der Waals surface area contributed by atoms with E-state index in [0.29, 0.717) is 23.8 Å². The molecule has 0 N–H and O–H groups in total. The molecule has 29 heavy (non-hydrogen) atoms. The van der Waals surface area contributed by atoms with E-state index in [2.05, 4.69) is 10.1 Å². The normalized spacial score (nSPS) is 16.5. The average Bonchev–Trinajstić information content (AvgIpc) is 3.29. The Bertz CT molecular complexity index is 984. The van der Waals surface area contributed by atoms with Gasteiger partial charge >= 0.3 is 0 Å². The van der Waals surface area contributed by atoms with Crippen LogP contribution in [0.4, 0.5) is 0 Å².